The van der Waals surface area contributed by atoms with Crippen LogP contribution in [-0.2, 0) is 13.1 Å². The third-order valence-corrected chi connectivity index (χ3v) is 13.7. The fourth-order valence-electron chi connectivity index (χ4n) is 10.4. The Morgan fingerprint density at radius 2 is 1.14 bits per heavy atom. The van der Waals surface area contributed by atoms with Crippen LogP contribution in [-0.4, -0.2) is 101 Å². The van der Waals surface area contributed by atoms with Crippen LogP contribution in [0.15, 0.2) is 79.8 Å². The molecule has 8 aromatic rings. The maximum atomic E-state index is 14.0. The van der Waals surface area contributed by atoms with Gasteiger partial charge in [-0.3, -0.25) is 19.9 Å². The molecule has 14 nitrogen and oxygen atoms in total. The molecule has 1 atom stereocenters. The average Bonchev–Trinajstić information content (AvgIpc) is 3.88. The molecule has 14 rings (SSSR count). The van der Waals surface area contributed by atoms with Gasteiger partial charge < -0.3 is 18.9 Å². The summed E-state index contributed by atoms with van der Waals surface area (Å²) >= 11 is 0. The van der Waals surface area contributed by atoms with Crippen molar-refractivity contribution in [3.8, 4) is 22.8 Å². The molecule has 0 aromatic carbocycles. The lowest BCUT2D eigenvalue weighted by Crippen LogP contribution is -2.46. The highest BCUT2D eigenvalue weighted by molar-refractivity contribution is 5.80. The first-order valence-electron chi connectivity index (χ1n) is 22.8. The van der Waals surface area contributed by atoms with Gasteiger partial charge in [-0.2, -0.15) is 0 Å². The van der Waals surface area contributed by atoms with Gasteiger partial charge in [0.1, 0.15) is 46.0 Å². The number of imidazole rings is 2. The minimum absolute atomic E-state index is 0.398. The van der Waals surface area contributed by atoms with Crippen LogP contribution in [0.4, 0.5) is 8.78 Å². The number of rotatable bonds is 8. The molecule has 0 radical (unpaired) electrons. The molecule has 6 aliphatic heterocycles. The van der Waals surface area contributed by atoms with Gasteiger partial charge in [0.25, 0.3) is 0 Å². The van der Waals surface area contributed by atoms with Crippen molar-refractivity contribution in [1.29, 1.82) is 0 Å². The van der Waals surface area contributed by atoms with E-state index in [1.807, 2.05) is 49.2 Å². The maximum absolute atomic E-state index is 14.0. The van der Waals surface area contributed by atoms with E-state index in [4.69, 9.17) is 19.9 Å². The molecule has 8 aromatic heterocycles. The van der Waals surface area contributed by atoms with Gasteiger partial charge in [0.15, 0.2) is 11.3 Å². The van der Waals surface area contributed by atoms with Crippen LogP contribution in [0.2, 0.25) is 0 Å². The molecule has 14 heterocycles. The topological polar surface area (TPSA) is 145 Å². The lowest BCUT2D eigenvalue weighted by atomic mass is 9.76. The van der Waals surface area contributed by atoms with Crippen LogP contribution < -0.4 is 0 Å². The van der Waals surface area contributed by atoms with Gasteiger partial charge in [-0.05, 0) is 119 Å². The Morgan fingerprint density at radius 1 is 0.576 bits per heavy atom. The molecule has 4 fully saturated rings. The van der Waals surface area contributed by atoms with E-state index in [-0.39, 0.29) is 0 Å². The zero-order chi connectivity index (χ0) is 45.1. The molecule has 0 spiro atoms. The van der Waals surface area contributed by atoms with E-state index in [1.54, 1.807) is 12.4 Å². The molecular formula is C50H50F2N14. The van der Waals surface area contributed by atoms with Crippen LogP contribution in [0.1, 0.15) is 77.2 Å². The lowest BCUT2D eigenvalue weighted by Gasteiger charge is -2.45. The summed E-state index contributed by atoms with van der Waals surface area (Å²) in [5.41, 5.74) is 11.4. The smallest absolute Gasteiger partial charge is 0.164 e. The lowest BCUT2D eigenvalue weighted by molar-refractivity contribution is 0.0869. The van der Waals surface area contributed by atoms with Crippen molar-refractivity contribution in [2.24, 2.45) is 11.8 Å². The van der Waals surface area contributed by atoms with E-state index in [2.05, 4.69) is 70.2 Å². The Morgan fingerprint density at radius 3 is 1.59 bits per heavy atom. The minimum atomic E-state index is -0.404. The molecular weight excluding hydrogens is 835 g/mol. The number of aryl methyl sites for hydroxylation is 4. The first kappa shape index (κ1) is 41.7. The van der Waals surface area contributed by atoms with E-state index in [9.17, 15) is 8.78 Å². The Hall–Kier alpha value is -6.94. The van der Waals surface area contributed by atoms with Crippen LogP contribution in [0.25, 0.3) is 50.7 Å². The number of halogens is 2. The first-order valence-corrected chi connectivity index (χ1v) is 22.8. The summed E-state index contributed by atoms with van der Waals surface area (Å²) in [5, 5.41) is 0. The van der Waals surface area contributed by atoms with Gasteiger partial charge in [0.05, 0.1) is 48.3 Å². The van der Waals surface area contributed by atoms with Crippen molar-refractivity contribution < 1.29 is 8.78 Å². The number of piperidine rings is 4. The second kappa shape index (κ2) is 17.1. The van der Waals surface area contributed by atoms with Gasteiger partial charge in [-0.15, -0.1) is 0 Å². The van der Waals surface area contributed by atoms with Gasteiger partial charge in [-0.25, -0.2) is 38.7 Å². The van der Waals surface area contributed by atoms with Gasteiger partial charge >= 0.3 is 0 Å². The van der Waals surface area contributed by atoms with Gasteiger partial charge in [-0.1, -0.05) is 12.1 Å². The molecule has 0 saturated carbocycles. The van der Waals surface area contributed by atoms with Gasteiger partial charge in [0, 0.05) is 67.7 Å². The molecule has 0 amide bonds. The van der Waals surface area contributed by atoms with Crippen molar-refractivity contribution in [1.82, 2.24) is 68.8 Å². The van der Waals surface area contributed by atoms with E-state index in [1.165, 1.54) is 80.0 Å². The molecule has 0 N–H and O–H groups in total. The van der Waals surface area contributed by atoms with E-state index in [0.717, 1.165) is 54.0 Å². The molecule has 6 aliphatic rings. The molecule has 334 valence electrons. The van der Waals surface area contributed by atoms with E-state index in [0.29, 0.717) is 76.0 Å². The normalized spacial score (nSPS) is 19.1. The summed E-state index contributed by atoms with van der Waals surface area (Å²) in [6.45, 7) is 14.4. The summed E-state index contributed by atoms with van der Waals surface area (Å²) in [6, 6.07) is 11.4. The van der Waals surface area contributed by atoms with Crippen LogP contribution in [0.3, 0.4) is 0 Å². The third-order valence-electron chi connectivity index (χ3n) is 13.7. The first-order chi connectivity index (χ1) is 32.1. The SMILES string of the molecule is Cc1nc(C)c2nc(-c3cncc(F)c3)n(Cc3ccc(C4=CN5CCC4CC5)cn3)c2n1.Cc1nc(C)c2nc(-c3cncc(F)c3)n(Cc3ccc(C4CN5CCC4CC5)cn3)c2n1. The Labute approximate surface area is 381 Å². The summed E-state index contributed by atoms with van der Waals surface area (Å²) in [7, 11) is 0. The largest absolute Gasteiger partial charge is 0.377 e. The van der Waals surface area contributed by atoms with Crippen molar-refractivity contribution in [3.05, 3.63) is 137 Å². The van der Waals surface area contributed by atoms with Crippen LogP contribution in [0.5, 0.6) is 0 Å². The molecule has 4 saturated heterocycles. The van der Waals surface area contributed by atoms with Crippen molar-refractivity contribution in [2.45, 2.75) is 72.4 Å². The molecule has 4 bridgehead atoms. The van der Waals surface area contributed by atoms with Crippen LogP contribution >= 0.6 is 0 Å². The Balaban J connectivity index is 0.000000146. The number of nitrogens with zero attached hydrogens (tertiary/aromatic N) is 14. The van der Waals surface area contributed by atoms with Gasteiger partial charge in [0.2, 0.25) is 0 Å². The van der Waals surface area contributed by atoms with Crippen molar-refractivity contribution in [3.63, 3.8) is 0 Å². The third kappa shape index (κ3) is 8.07. The van der Waals surface area contributed by atoms with Crippen molar-refractivity contribution >= 4 is 27.9 Å². The maximum Gasteiger partial charge on any atom is 0.164 e. The monoisotopic (exact) mass is 884 g/mol. The number of pyridine rings is 4. The highest BCUT2D eigenvalue weighted by Crippen LogP contribution is 2.39. The quantitative estimate of drug-likeness (QED) is 0.146. The second-order valence-corrected chi connectivity index (χ2v) is 18.1. The number of hydrogen-bond donors (Lipinski definition) is 0. The Kier molecular flexibility index (Phi) is 10.8. The molecule has 1 unspecified atom stereocenters. The fourth-order valence-corrected chi connectivity index (χ4v) is 10.4. The number of allylic oxidation sites excluding steroid dienone is 1. The molecule has 0 aliphatic carbocycles. The van der Waals surface area contributed by atoms with Crippen LogP contribution in [0, 0.1) is 51.2 Å². The Bertz CT molecular complexity index is 3130. The minimum Gasteiger partial charge on any atom is -0.377 e. The zero-order valence-electron chi connectivity index (χ0n) is 37.5. The van der Waals surface area contributed by atoms with E-state index >= 15 is 0 Å². The highest BCUT2D eigenvalue weighted by Gasteiger charge is 2.35. The van der Waals surface area contributed by atoms with E-state index < -0.39 is 11.6 Å². The number of hydrogen-bond acceptors (Lipinski definition) is 12. The predicted molar refractivity (Wildman–Crippen MR) is 247 cm³/mol. The predicted octanol–water partition coefficient (Wildman–Crippen LogP) is 8.05. The molecule has 16 heteroatoms. The summed E-state index contributed by atoms with van der Waals surface area (Å²) < 4.78 is 31.9. The highest BCUT2D eigenvalue weighted by atomic mass is 19.1. The standard InChI is InChI=1S/C25H26FN7.C25H24FN7/c2*1-15-23-25(30-16(2)29-15)33(24(31-23)19-9-20(26)12-27-10-19)13-21-4-3-18(11-28-21)22-14-32-7-5-17(22)6-8-32/h3-4,9-12,17,22H,5-8,13-14H2,1-2H3;3-4,9-12,14,17H,5-8,13H2,1-2H3. The summed E-state index contributed by atoms with van der Waals surface area (Å²) in [6.07, 6.45) is 17.0. The number of fused-ring (bicyclic) bond motifs is 7. The summed E-state index contributed by atoms with van der Waals surface area (Å²) in [5.74, 6) is 3.75. The molecule has 66 heavy (non-hydrogen) atoms. The number of aromatic nitrogens is 12. The zero-order valence-corrected chi connectivity index (χ0v) is 37.5. The summed E-state index contributed by atoms with van der Waals surface area (Å²) in [4.78, 5) is 50.4. The average molecular weight is 885 g/mol. The van der Waals surface area contributed by atoms with Crippen molar-refractivity contribution in [2.75, 3.05) is 32.7 Å². The second-order valence-electron chi connectivity index (χ2n) is 18.1. The fraction of sp³-hybridized carbons (Fsp3) is 0.360.